The molecular formula is C26H18F3NO5. The van der Waals surface area contributed by atoms with Crippen molar-refractivity contribution in [3.8, 4) is 0 Å². The number of alkyl halides is 3. The number of carbonyl (C=O) groups is 4. The lowest BCUT2D eigenvalue weighted by Gasteiger charge is -2.19. The summed E-state index contributed by atoms with van der Waals surface area (Å²) < 4.78 is 45.7. The van der Waals surface area contributed by atoms with Gasteiger partial charge in [-0.3, -0.25) is 14.4 Å². The Labute approximate surface area is 197 Å². The summed E-state index contributed by atoms with van der Waals surface area (Å²) in [6.07, 6.45) is -5.67. The number of ether oxygens (including phenoxy) is 1. The third-order valence-electron chi connectivity index (χ3n) is 5.54. The molecule has 3 aromatic carbocycles. The number of Topliss-reactive ketones (excluding diaryl/α,β-unsaturated/α-hetero) is 1. The quantitative estimate of drug-likeness (QED) is 0.270. The molecular weight excluding hydrogens is 463 g/mol. The van der Waals surface area contributed by atoms with E-state index in [1.807, 2.05) is 0 Å². The van der Waals surface area contributed by atoms with Gasteiger partial charge in [0.25, 0.3) is 11.8 Å². The standard InChI is InChI=1S/C26H18F3NO5/c1-2-21(22(31)15-8-4-3-5-9-15)35-25(34)16-12-13-17-18(14-16)24(33)30(23(17)32)20-11-7-6-10-19(20)26(27,28)29/h3-14,21H,2H2,1H3/t21-/m1/s1. The number of benzene rings is 3. The molecule has 1 aliphatic rings. The van der Waals surface area contributed by atoms with Crippen molar-refractivity contribution < 1.29 is 37.1 Å². The average Bonchev–Trinajstić information content (AvgIpc) is 3.11. The van der Waals surface area contributed by atoms with Crippen LogP contribution in [0.15, 0.2) is 72.8 Å². The van der Waals surface area contributed by atoms with Crippen LogP contribution in [0.5, 0.6) is 0 Å². The second-order valence-electron chi connectivity index (χ2n) is 7.75. The summed E-state index contributed by atoms with van der Waals surface area (Å²) in [5, 5.41) is 0. The largest absolute Gasteiger partial charge is 0.450 e. The SMILES string of the molecule is CC[C@@H](OC(=O)c1ccc2c(c1)C(=O)N(c1ccccc1C(F)(F)F)C2=O)C(=O)c1ccccc1. The minimum absolute atomic E-state index is 0.116. The summed E-state index contributed by atoms with van der Waals surface area (Å²) in [7, 11) is 0. The number of ketones is 1. The van der Waals surface area contributed by atoms with Gasteiger partial charge in [0.05, 0.1) is 27.9 Å². The molecule has 6 nitrogen and oxygen atoms in total. The number of amides is 2. The van der Waals surface area contributed by atoms with Crippen LogP contribution in [0.1, 0.15) is 60.3 Å². The molecule has 1 aliphatic heterocycles. The van der Waals surface area contributed by atoms with Crippen LogP contribution in [0.2, 0.25) is 0 Å². The van der Waals surface area contributed by atoms with E-state index in [-0.39, 0.29) is 23.1 Å². The molecule has 1 heterocycles. The van der Waals surface area contributed by atoms with Crippen molar-refractivity contribution in [3.05, 3.63) is 101 Å². The third kappa shape index (κ3) is 4.44. The maximum atomic E-state index is 13.5. The van der Waals surface area contributed by atoms with Crippen LogP contribution in [0.4, 0.5) is 18.9 Å². The van der Waals surface area contributed by atoms with E-state index in [4.69, 9.17) is 4.74 Å². The summed E-state index contributed by atoms with van der Waals surface area (Å²) in [5.41, 5.74) is -1.87. The van der Waals surface area contributed by atoms with E-state index in [1.165, 1.54) is 18.2 Å². The molecule has 1 atom stereocenters. The van der Waals surface area contributed by atoms with Crippen molar-refractivity contribution >= 4 is 29.3 Å². The number of para-hydroxylation sites is 1. The van der Waals surface area contributed by atoms with Gasteiger partial charge in [-0.05, 0) is 36.8 Å². The maximum absolute atomic E-state index is 13.5. The number of fused-ring (bicyclic) bond motifs is 1. The molecule has 9 heteroatoms. The Balaban J connectivity index is 1.61. The molecule has 0 aromatic heterocycles. The Morgan fingerprint density at radius 1 is 0.857 bits per heavy atom. The normalized spacial score (nSPS) is 14.0. The third-order valence-corrected chi connectivity index (χ3v) is 5.54. The van der Waals surface area contributed by atoms with Gasteiger partial charge in [0.2, 0.25) is 5.78 Å². The molecule has 35 heavy (non-hydrogen) atoms. The first-order valence-electron chi connectivity index (χ1n) is 10.6. The first-order valence-corrected chi connectivity index (χ1v) is 10.6. The number of hydrogen-bond acceptors (Lipinski definition) is 5. The van der Waals surface area contributed by atoms with Crippen molar-refractivity contribution in [1.29, 1.82) is 0 Å². The van der Waals surface area contributed by atoms with Gasteiger partial charge in [-0.15, -0.1) is 0 Å². The first kappa shape index (κ1) is 23.9. The Kier molecular flexibility index (Phi) is 6.26. The zero-order chi connectivity index (χ0) is 25.3. The van der Waals surface area contributed by atoms with Crippen LogP contribution in [0, 0.1) is 0 Å². The van der Waals surface area contributed by atoms with Gasteiger partial charge >= 0.3 is 12.1 Å². The van der Waals surface area contributed by atoms with Crippen molar-refractivity contribution in [1.82, 2.24) is 0 Å². The fourth-order valence-corrected chi connectivity index (χ4v) is 3.80. The van der Waals surface area contributed by atoms with Crippen LogP contribution in [-0.4, -0.2) is 29.7 Å². The molecule has 4 rings (SSSR count). The maximum Gasteiger partial charge on any atom is 0.418 e. The molecule has 0 radical (unpaired) electrons. The molecule has 3 aromatic rings. The number of nitrogens with zero attached hydrogens (tertiary/aromatic N) is 1. The number of carbonyl (C=O) groups excluding carboxylic acids is 4. The first-order chi connectivity index (χ1) is 16.6. The molecule has 0 N–H and O–H groups in total. The Morgan fingerprint density at radius 2 is 1.49 bits per heavy atom. The van der Waals surface area contributed by atoms with E-state index >= 15 is 0 Å². The predicted octanol–water partition coefficient (Wildman–Crippen LogP) is 5.32. The lowest BCUT2D eigenvalue weighted by Crippen LogP contribution is -2.31. The van der Waals surface area contributed by atoms with Crippen molar-refractivity contribution in [3.63, 3.8) is 0 Å². The van der Waals surface area contributed by atoms with E-state index in [0.717, 1.165) is 24.3 Å². The van der Waals surface area contributed by atoms with Gasteiger partial charge in [0.1, 0.15) is 0 Å². The molecule has 0 spiro atoms. The highest BCUT2D eigenvalue weighted by Crippen LogP contribution is 2.39. The summed E-state index contributed by atoms with van der Waals surface area (Å²) in [6.45, 7) is 1.67. The number of esters is 1. The van der Waals surface area contributed by atoms with Crippen LogP contribution in [0.25, 0.3) is 0 Å². The molecule has 178 valence electrons. The highest BCUT2D eigenvalue weighted by Gasteiger charge is 2.42. The Hall–Kier alpha value is -4.27. The van der Waals surface area contributed by atoms with Crippen molar-refractivity contribution in [2.75, 3.05) is 4.90 Å². The van der Waals surface area contributed by atoms with Crippen molar-refractivity contribution in [2.24, 2.45) is 0 Å². The van der Waals surface area contributed by atoms with E-state index in [9.17, 15) is 32.3 Å². The van der Waals surface area contributed by atoms with E-state index in [1.54, 1.807) is 37.3 Å². The zero-order valence-electron chi connectivity index (χ0n) is 18.3. The summed E-state index contributed by atoms with van der Waals surface area (Å²) in [4.78, 5) is 51.6. The Bertz CT molecular complexity index is 1330. The fraction of sp³-hybridized carbons (Fsp3) is 0.154. The summed E-state index contributed by atoms with van der Waals surface area (Å²) in [5.74, 6) is -3.24. The van der Waals surface area contributed by atoms with E-state index in [2.05, 4.69) is 0 Å². The molecule has 0 fully saturated rings. The van der Waals surface area contributed by atoms with Gasteiger partial charge in [-0.1, -0.05) is 49.4 Å². The smallest absolute Gasteiger partial charge is 0.418 e. The molecule has 0 saturated heterocycles. The van der Waals surface area contributed by atoms with E-state index < -0.39 is 47.1 Å². The summed E-state index contributed by atoms with van der Waals surface area (Å²) in [6, 6.07) is 16.0. The lowest BCUT2D eigenvalue weighted by molar-refractivity contribution is -0.137. The van der Waals surface area contributed by atoms with Gasteiger partial charge in [-0.25, -0.2) is 9.69 Å². The van der Waals surface area contributed by atoms with Crippen LogP contribution in [-0.2, 0) is 10.9 Å². The predicted molar refractivity (Wildman–Crippen MR) is 119 cm³/mol. The number of halogens is 3. The number of rotatable bonds is 6. The fourth-order valence-electron chi connectivity index (χ4n) is 3.80. The molecule has 0 aliphatic carbocycles. The van der Waals surface area contributed by atoms with Gasteiger partial charge in [0, 0.05) is 5.56 Å². The van der Waals surface area contributed by atoms with Crippen LogP contribution >= 0.6 is 0 Å². The highest BCUT2D eigenvalue weighted by atomic mass is 19.4. The number of anilines is 1. The number of imide groups is 1. The summed E-state index contributed by atoms with van der Waals surface area (Å²) >= 11 is 0. The second-order valence-corrected chi connectivity index (χ2v) is 7.75. The monoisotopic (exact) mass is 481 g/mol. The number of hydrogen-bond donors (Lipinski definition) is 0. The minimum Gasteiger partial charge on any atom is -0.450 e. The van der Waals surface area contributed by atoms with E-state index in [0.29, 0.717) is 10.5 Å². The Morgan fingerprint density at radius 3 is 2.14 bits per heavy atom. The average molecular weight is 481 g/mol. The highest BCUT2D eigenvalue weighted by molar-refractivity contribution is 6.35. The molecule has 0 bridgehead atoms. The van der Waals surface area contributed by atoms with Gasteiger partial charge in [0.15, 0.2) is 6.10 Å². The molecule has 0 unspecified atom stereocenters. The van der Waals surface area contributed by atoms with Gasteiger partial charge < -0.3 is 4.74 Å². The minimum atomic E-state index is -4.79. The molecule has 2 amide bonds. The topological polar surface area (TPSA) is 80.8 Å². The van der Waals surface area contributed by atoms with Crippen molar-refractivity contribution in [2.45, 2.75) is 25.6 Å². The zero-order valence-corrected chi connectivity index (χ0v) is 18.3. The van der Waals surface area contributed by atoms with Crippen LogP contribution < -0.4 is 4.90 Å². The van der Waals surface area contributed by atoms with Crippen LogP contribution in [0.3, 0.4) is 0 Å². The molecule has 0 saturated carbocycles. The lowest BCUT2D eigenvalue weighted by atomic mass is 10.0. The van der Waals surface area contributed by atoms with Gasteiger partial charge in [-0.2, -0.15) is 13.2 Å². The second kappa shape index (κ2) is 9.17.